The van der Waals surface area contributed by atoms with Crippen LogP contribution in [0.5, 0.6) is 0 Å². The first-order valence-electron chi connectivity index (χ1n) is 11.3. The molecule has 2 heterocycles. The van der Waals surface area contributed by atoms with E-state index in [1.807, 2.05) is 30.3 Å². The molecule has 1 aromatic rings. The fourth-order valence-corrected chi connectivity index (χ4v) is 7.98. The summed E-state index contributed by atoms with van der Waals surface area (Å²) in [5.41, 5.74) is 0.977. The van der Waals surface area contributed by atoms with E-state index < -0.39 is 12.4 Å². The smallest absolute Gasteiger partial charge is 0.333 e. The van der Waals surface area contributed by atoms with E-state index in [-0.39, 0.29) is 29.6 Å². The van der Waals surface area contributed by atoms with Gasteiger partial charge in [0.1, 0.15) is 6.61 Å². The lowest BCUT2D eigenvalue weighted by atomic mass is 9.84. The highest BCUT2D eigenvalue weighted by Crippen LogP contribution is 2.54. The predicted octanol–water partition coefficient (Wildman–Crippen LogP) is 5.17. The van der Waals surface area contributed by atoms with Crippen LogP contribution in [0.25, 0.3) is 0 Å². The number of hydrogen-bond donors (Lipinski definition) is 1. The SMILES string of the molecule is CC(C)(C)[Si](C)(C)OCCC[C](C1CC(=O)N1)C1(C(=O)OCc2ccccc2)SCCS1. The summed E-state index contributed by atoms with van der Waals surface area (Å²) in [5.74, 6) is 2.73. The van der Waals surface area contributed by atoms with Crippen molar-refractivity contribution in [3.05, 3.63) is 41.8 Å². The minimum atomic E-state index is -1.81. The molecule has 1 radical (unpaired) electrons. The topological polar surface area (TPSA) is 64.6 Å². The predicted molar refractivity (Wildman–Crippen MR) is 136 cm³/mol. The number of nitrogens with one attached hydrogen (secondary N) is 1. The molecule has 5 nitrogen and oxygen atoms in total. The molecule has 1 amide bonds. The number of rotatable bonds is 10. The van der Waals surface area contributed by atoms with E-state index in [0.717, 1.165) is 35.8 Å². The maximum Gasteiger partial charge on any atom is 0.333 e. The van der Waals surface area contributed by atoms with Gasteiger partial charge < -0.3 is 14.5 Å². The summed E-state index contributed by atoms with van der Waals surface area (Å²) in [6.45, 7) is 12.2. The Balaban J connectivity index is 1.67. The van der Waals surface area contributed by atoms with E-state index in [9.17, 15) is 9.59 Å². The molecular formula is C24H36NO4S2Si. The molecule has 2 fully saturated rings. The Labute approximate surface area is 202 Å². The number of amides is 1. The Hall–Kier alpha value is -0.963. The van der Waals surface area contributed by atoms with Crippen molar-refractivity contribution in [1.29, 1.82) is 0 Å². The summed E-state index contributed by atoms with van der Waals surface area (Å²) < 4.78 is 11.4. The number of benzene rings is 1. The third-order valence-electron chi connectivity index (χ3n) is 6.60. The van der Waals surface area contributed by atoms with Gasteiger partial charge in [-0.25, -0.2) is 4.79 Å². The van der Waals surface area contributed by atoms with Crippen molar-refractivity contribution in [2.24, 2.45) is 0 Å². The lowest BCUT2D eigenvalue weighted by molar-refractivity contribution is -0.145. The van der Waals surface area contributed by atoms with Gasteiger partial charge in [0.2, 0.25) is 5.91 Å². The standard InChI is InChI=1S/C24H36NO4S2Si/c1-23(2,3)32(4,5)29-13-9-12-19(20-16-21(26)25-20)24(30-14-15-31-24)22(27)28-17-18-10-7-6-8-11-18/h6-8,10-11,20H,9,12-17H2,1-5H3,(H,25,26). The van der Waals surface area contributed by atoms with Gasteiger partial charge in [0, 0.05) is 36.5 Å². The fraction of sp³-hybridized carbons (Fsp3) is 0.625. The average Bonchev–Trinajstić information content (AvgIpc) is 3.21. The van der Waals surface area contributed by atoms with E-state index in [1.165, 1.54) is 0 Å². The quantitative estimate of drug-likeness (QED) is 0.209. The van der Waals surface area contributed by atoms with Gasteiger partial charge in [0.15, 0.2) is 12.4 Å². The molecule has 177 valence electrons. The van der Waals surface area contributed by atoms with E-state index in [1.54, 1.807) is 23.5 Å². The number of β-lactam (4-membered cyclic amide) rings is 1. The molecule has 32 heavy (non-hydrogen) atoms. The lowest BCUT2D eigenvalue weighted by Gasteiger charge is -2.42. The first kappa shape index (κ1) is 25.7. The highest BCUT2D eigenvalue weighted by molar-refractivity contribution is 8.22. The second-order valence-corrected chi connectivity index (χ2v) is 17.6. The Morgan fingerprint density at radius 2 is 1.81 bits per heavy atom. The summed E-state index contributed by atoms with van der Waals surface area (Å²) in [7, 11) is -1.81. The molecule has 3 rings (SSSR count). The zero-order valence-corrected chi connectivity index (χ0v) is 22.5. The van der Waals surface area contributed by atoms with Crippen LogP contribution in [0.3, 0.4) is 0 Å². The van der Waals surface area contributed by atoms with Gasteiger partial charge in [-0.3, -0.25) is 4.79 Å². The van der Waals surface area contributed by atoms with Crippen LogP contribution < -0.4 is 5.32 Å². The summed E-state index contributed by atoms with van der Waals surface area (Å²) in [5, 5.41) is 3.18. The minimum absolute atomic E-state index is 0.0471. The van der Waals surface area contributed by atoms with Gasteiger partial charge in [-0.1, -0.05) is 51.1 Å². The van der Waals surface area contributed by atoms with Crippen LogP contribution in [-0.2, 0) is 25.4 Å². The molecule has 0 saturated carbocycles. The molecule has 0 bridgehead atoms. The molecule has 2 aliphatic heterocycles. The van der Waals surface area contributed by atoms with Crippen molar-refractivity contribution in [2.75, 3.05) is 18.1 Å². The van der Waals surface area contributed by atoms with Crippen molar-refractivity contribution in [1.82, 2.24) is 5.32 Å². The van der Waals surface area contributed by atoms with Gasteiger partial charge >= 0.3 is 5.97 Å². The van der Waals surface area contributed by atoms with Crippen LogP contribution in [0, 0.1) is 5.92 Å². The van der Waals surface area contributed by atoms with Crippen molar-refractivity contribution >= 4 is 43.7 Å². The summed E-state index contributed by atoms with van der Waals surface area (Å²) in [6.07, 6.45) is 2.04. The molecule has 1 aromatic carbocycles. The van der Waals surface area contributed by atoms with Crippen LogP contribution in [0.2, 0.25) is 18.1 Å². The maximum atomic E-state index is 13.4. The van der Waals surface area contributed by atoms with Gasteiger partial charge in [-0.2, -0.15) is 0 Å². The monoisotopic (exact) mass is 494 g/mol. The average molecular weight is 495 g/mol. The molecule has 0 aliphatic carbocycles. The highest BCUT2D eigenvalue weighted by Gasteiger charge is 2.55. The first-order valence-corrected chi connectivity index (χ1v) is 16.2. The van der Waals surface area contributed by atoms with Crippen LogP contribution in [0.1, 0.15) is 45.6 Å². The lowest BCUT2D eigenvalue weighted by Crippen LogP contribution is -2.58. The summed E-state index contributed by atoms with van der Waals surface area (Å²) >= 11 is 3.31. The van der Waals surface area contributed by atoms with Crippen molar-refractivity contribution < 1.29 is 18.8 Å². The Morgan fingerprint density at radius 1 is 1.19 bits per heavy atom. The molecule has 1 N–H and O–H groups in total. The van der Waals surface area contributed by atoms with Crippen molar-refractivity contribution in [2.45, 2.75) is 74.9 Å². The Bertz CT molecular complexity index is 783. The first-order chi connectivity index (χ1) is 15.1. The molecule has 1 unspecified atom stereocenters. The molecule has 1 atom stereocenters. The number of thioether (sulfide) groups is 2. The number of hydrogen-bond acceptors (Lipinski definition) is 6. The molecule has 8 heteroatoms. The zero-order valence-electron chi connectivity index (χ0n) is 19.9. The number of carbonyl (C=O) groups is 2. The largest absolute Gasteiger partial charge is 0.459 e. The van der Waals surface area contributed by atoms with Gasteiger partial charge in [-0.05, 0) is 36.5 Å². The van der Waals surface area contributed by atoms with Crippen molar-refractivity contribution in [3.8, 4) is 0 Å². The van der Waals surface area contributed by atoms with E-state index >= 15 is 0 Å². The van der Waals surface area contributed by atoms with Crippen molar-refractivity contribution in [3.63, 3.8) is 0 Å². The number of esters is 1. The van der Waals surface area contributed by atoms with Crippen LogP contribution in [0.15, 0.2) is 30.3 Å². The third-order valence-corrected chi connectivity index (χ3v) is 14.6. The third kappa shape index (κ3) is 5.93. The second kappa shape index (κ2) is 10.5. The van der Waals surface area contributed by atoms with E-state index in [4.69, 9.17) is 9.16 Å². The molecule has 0 spiro atoms. The molecule has 2 saturated heterocycles. The molecule has 2 aliphatic rings. The zero-order chi connectivity index (χ0) is 23.4. The van der Waals surface area contributed by atoms with E-state index in [0.29, 0.717) is 13.0 Å². The van der Waals surface area contributed by atoms with Crippen LogP contribution >= 0.6 is 23.5 Å². The Morgan fingerprint density at radius 3 is 2.38 bits per heavy atom. The van der Waals surface area contributed by atoms with E-state index in [2.05, 4.69) is 39.2 Å². The Kier molecular flexibility index (Phi) is 8.44. The second-order valence-electron chi connectivity index (χ2n) is 9.94. The van der Waals surface area contributed by atoms with Gasteiger partial charge in [0.25, 0.3) is 0 Å². The number of ether oxygens (including phenoxy) is 1. The number of carbonyl (C=O) groups excluding carboxylic acids is 2. The summed E-state index contributed by atoms with van der Waals surface area (Å²) in [6, 6.07) is 9.71. The fourth-order valence-electron chi connectivity index (χ4n) is 3.61. The van der Waals surface area contributed by atoms with Crippen LogP contribution in [0.4, 0.5) is 0 Å². The van der Waals surface area contributed by atoms with Gasteiger partial charge in [0.05, 0.1) is 0 Å². The molecular weight excluding hydrogens is 458 g/mol. The normalized spacial score (nSPS) is 20.7. The van der Waals surface area contributed by atoms with Crippen LogP contribution in [-0.4, -0.2) is 48.4 Å². The minimum Gasteiger partial charge on any atom is -0.459 e. The maximum absolute atomic E-state index is 13.4. The molecule has 0 aromatic heterocycles. The summed E-state index contributed by atoms with van der Waals surface area (Å²) in [4.78, 5) is 25.1. The highest BCUT2D eigenvalue weighted by atomic mass is 32.2. The van der Waals surface area contributed by atoms with Gasteiger partial charge in [-0.15, -0.1) is 23.5 Å².